The molecule has 1 atom stereocenters. The average molecular weight is 480 g/mol. The normalized spacial score (nSPS) is 12.9. The quantitative estimate of drug-likeness (QED) is 0.446. The molecule has 182 valence electrons. The van der Waals surface area contributed by atoms with Crippen LogP contribution in [-0.2, 0) is 19.6 Å². The maximum absolute atomic E-state index is 12.9. The van der Waals surface area contributed by atoms with Crippen molar-refractivity contribution in [2.45, 2.75) is 56.6 Å². The zero-order valence-corrected chi connectivity index (χ0v) is 20.5. The first-order valence-corrected chi connectivity index (χ1v) is 12.2. The molecule has 0 radical (unpaired) electrons. The zero-order chi connectivity index (χ0) is 24.8. The third-order valence-corrected chi connectivity index (χ3v) is 6.35. The lowest BCUT2D eigenvalue weighted by Crippen LogP contribution is -2.43. The largest absolute Gasteiger partial charge is 0.480 e. The standard InChI is InChI=1S/C23H33N3O6S/c1-23(2,3)32-22(29)25-18(21(27)28)12-6-7-15-24-33(30,31)20-14-9-10-16-17(20)11-8-13-19(16)26(4)5/h8-11,13-14,18,24H,6-7,12,15H2,1-5H3,(H,25,29)(H,27,28). The number of anilines is 1. The van der Waals surface area contributed by atoms with Crippen LogP contribution in [0.2, 0.25) is 0 Å². The number of alkyl carbamates (subject to hydrolysis) is 1. The van der Waals surface area contributed by atoms with Crippen molar-refractivity contribution in [1.29, 1.82) is 0 Å². The van der Waals surface area contributed by atoms with Crippen molar-refractivity contribution in [1.82, 2.24) is 10.0 Å². The van der Waals surface area contributed by atoms with E-state index < -0.39 is 33.7 Å². The molecular weight excluding hydrogens is 446 g/mol. The fourth-order valence-electron chi connectivity index (χ4n) is 3.35. The van der Waals surface area contributed by atoms with Crippen LogP contribution in [-0.4, -0.2) is 57.9 Å². The summed E-state index contributed by atoms with van der Waals surface area (Å²) in [4.78, 5) is 25.4. The van der Waals surface area contributed by atoms with Crippen molar-refractivity contribution in [3.63, 3.8) is 0 Å². The Morgan fingerprint density at radius 3 is 2.30 bits per heavy atom. The molecule has 1 amide bonds. The van der Waals surface area contributed by atoms with E-state index in [2.05, 4.69) is 10.0 Å². The highest BCUT2D eigenvalue weighted by molar-refractivity contribution is 7.89. The van der Waals surface area contributed by atoms with Crippen molar-refractivity contribution in [3.8, 4) is 0 Å². The minimum atomic E-state index is -3.76. The lowest BCUT2D eigenvalue weighted by molar-refractivity contribution is -0.139. The third kappa shape index (κ3) is 7.61. The molecule has 33 heavy (non-hydrogen) atoms. The van der Waals surface area contributed by atoms with Crippen LogP contribution in [0.4, 0.5) is 10.5 Å². The second kappa shape index (κ2) is 10.8. The highest BCUT2D eigenvalue weighted by atomic mass is 32.2. The summed E-state index contributed by atoms with van der Waals surface area (Å²) >= 11 is 0. The van der Waals surface area contributed by atoms with Gasteiger partial charge in [-0.15, -0.1) is 0 Å². The molecule has 2 rings (SSSR count). The van der Waals surface area contributed by atoms with Crippen LogP contribution >= 0.6 is 0 Å². The van der Waals surface area contributed by atoms with E-state index in [4.69, 9.17) is 4.74 Å². The van der Waals surface area contributed by atoms with Crippen molar-refractivity contribution >= 4 is 38.5 Å². The summed E-state index contributed by atoms with van der Waals surface area (Å²) in [6, 6.07) is 9.57. The van der Waals surface area contributed by atoms with Crippen LogP contribution in [0.3, 0.4) is 0 Å². The number of ether oxygens (including phenoxy) is 1. The lowest BCUT2D eigenvalue weighted by Gasteiger charge is -2.22. The van der Waals surface area contributed by atoms with E-state index >= 15 is 0 Å². The van der Waals surface area contributed by atoms with Gasteiger partial charge in [-0.25, -0.2) is 22.7 Å². The summed E-state index contributed by atoms with van der Waals surface area (Å²) in [5.41, 5.74) is 0.183. The Balaban J connectivity index is 1.97. The van der Waals surface area contributed by atoms with E-state index in [1.54, 1.807) is 39.0 Å². The Kier molecular flexibility index (Phi) is 8.68. The maximum Gasteiger partial charge on any atom is 0.408 e. The fourth-order valence-corrected chi connectivity index (χ4v) is 4.65. The number of aliphatic carboxylic acids is 1. The first-order chi connectivity index (χ1) is 15.3. The number of carbonyl (C=O) groups excluding carboxylic acids is 1. The summed E-state index contributed by atoms with van der Waals surface area (Å²) in [6.07, 6.45) is 0.155. The van der Waals surface area contributed by atoms with Crippen molar-refractivity contribution in [2.24, 2.45) is 0 Å². The van der Waals surface area contributed by atoms with E-state index in [1.807, 2.05) is 37.2 Å². The van der Waals surface area contributed by atoms with Gasteiger partial charge in [0.25, 0.3) is 0 Å². The highest BCUT2D eigenvalue weighted by Gasteiger charge is 2.24. The Morgan fingerprint density at radius 2 is 1.70 bits per heavy atom. The van der Waals surface area contributed by atoms with Crippen molar-refractivity contribution < 1.29 is 27.9 Å². The number of sulfonamides is 1. The predicted octanol–water partition coefficient (Wildman–Crippen LogP) is 3.33. The monoisotopic (exact) mass is 479 g/mol. The van der Waals surface area contributed by atoms with Gasteiger partial charge in [0.05, 0.1) is 4.90 Å². The van der Waals surface area contributed by atoms with Gasteiger partial charge >= 0.3 is 12.1 Å². The molecule has 9 nitrogen and oxygen atoms in total. The third-order valence-electron chi connectivity index (χ3n) is 4.83. The molecule has 0 aliphatic heterocycles. The molecular formula is C23H33N3O6S. The van der Waals surface area contributed by atoms with E-state index in [1.165, 1.54) is 0 Å². The van der Waals surface area contributed by atoms with Crippen molar-refractivity contribution in [3.05, 3.63) is 36.4 Å². The first-order valence-electron chi connectivity index (χ1n) is 10.7. The van der Waals surface area contributed by atoms with E-state index in [-0.39, 0.29) is 17.9 Å². The molecule has 0 fully saturated rings. The minimum Gasteiger partial charge on any atom is -0.480 e. The van der Waals surface area contributed by atoms with Gasteiger partial charge in [-0.05, 0) is 52.2 Å². The molecule has 2 aromatic rings. The molecule has 0 aromatic heterocycles. The summed E-state index contributed by atoms with van der Waals surface area (Å²) < 4.78 is 33.5. The molecule has 0 spiro atoms. The number of hydrogen-bond donors (Lipinski definition) is 3. The first kappa shape index (κ1) is 26.4. The van der Waals surface area contributed by atoms with E-state index in [9.17, 15) is 23.1 Å². The second-order valence-corrected chi connectivity index (χ2v) is 10.7. The molecule has 0 heterocycles. The number of hydrogen-bond acceptors (Lipinski definition) is 6. The Morgan fingerprint density at radius 1 is 1.06 bits per heavy atom. The zero-order valence-electron chi connectivity index (χ0n) is 19.7. The number of nitrogens with zero attached hydrogens (tertiary/aromatic N) is 1. The lowest BCUT2D eigenvalue weighted by atomic mass is 10.1. The Hall–Kier alpha value is -2.85. The van der Waals surface area contributed by atoms with Gasteiger partial charge in [-0.2, -0.15) is 0 Å². The molecule has 1 unspecified atom stereocenters. The van der Waals surface area contributed by atoms with Crippen LogP contribution in [0, 0.1) is 0 Å². The number of benzene rings is 2. The van der Waals surface area contributed by atoms with Crippen LogP contribution in [0.15, 0.2) is 41.3 Å². The van der Waals surface area contributed by atoms with Crippen LogP contribution in [0.5, 0.6) is 0 Å². The van der Waals surface area contributed by atoms with Crippen LogP contribution < -0.4 is 14.9 Å². The Labute approximate surface area is 195 Å². The SMILES string of the molecule is CN(C)c1cccc2c(S(=O)(=O)NCCCCC(NC(=O)OC(C)(C)C)C(=O)O)cccc12. The number of carboxylic acids is 1. The van der Waals surface area contributed by atoms with Crippen LogP contribution in [0.1, 0.15) is 40.0 Å². The summed E-state index contributed by atoms with van der Waals surface area (Å²) in [5, 5.41) is 13.1. The predicted molar refractivity (Wildman–Crippen MR) is 128 cm³/mol. The number of carboxylic acid groups (broad SMARTS) is 1. The molecule has 0 saturated carbocycles. The maximum atomic E-state index is 12.9. The number of carbonyl (C=O) groups is 2. The molecule has 0 aliphatic rings. The molecule has 3 N–H and O–H groups in total. The van der Waals surface area contributed by atoms with Gasteiger partial charge in [0.1, 0.15) is 11.6 Å². The number of amides is 1. The van der Waals surface area contributed by atoms with Gasteiger partial charge in [0.15, 0.2) is 0 Å². The van der Waals surface area contributed by atoms with Gasteiger partial charge in [-0.3, -0.25) is 0 Å². The number of unbranched alkanes of at least 4 members (excludes halogenated alkanes) is 1. The summed E-state index contributed by atoms with van der Waals surface area (Å²) in [7, 11) is 0.0379. The van der Waals surface area contributed by atoms with Gasteiger partial charge in [-0.1, -0.05) is 24.3 Å². The number of nitrogens with one attached hydrogen (secondary N) is 2. The second-order valence-electron chi connectivity index (χ2n) is 8.95. The summed E-state index contributed by atoms with van der Waals surface area (Å²) in [5.74, 6) is -1.17. The average Bonchev–Trinajstić information content (AvgIpc) is 2.70. The fraction of sp³-hybridized carbons (Fsp3) is 0.478. The van der Waals surface area contributed by atoms with E-state index in [0.717, 1.165) is 11.1 Å². The van der Waals surface area contributed by atoms with Crippen LogP contribution in [0.25, 0.3) is 10.8 Å². The molecule has 0 saturated heterocycles. The Bertz CT molecular complexity index is 1090. The topological polar surface area (TPSA) is 125 Å². The van der Waals surface area contributed by atoms with Gasteiger partial charge in [0, 0.05) is 37.1 Å². The highest BCUT2D eigenvalue weighted by Crippen LogP contribution is 2.30. The number of rotatable bonds is 10. The minimum absolute atomic E-state index is 0.144. The van der Waals surface area contributed by atoms with Gasteiger partial charge < -0.3 is 20.1 Å². The van der Waals surface area contributed by atoms with Crippen molar-refractivity contribution in [2.75, 3.05) is 25.5 Å². The van der Waals surface area contributed by atoms with Gasteiger partial charge in [0.2, 0.25) is 10.0 Å². The number of fused-ring (bicyclic) bond motifs is 1. The van der Waals surface area contributed by atoms with E-state index in [0.29, 0.717) is 18.2 Å². The molecule has 2 aromatic carbocycles. The summed E-state index contributed by atoms with van der Waals surface area (Å²) in [6.45, 7) is 5.20. The molecule has 10 heteroatoms. The molecule has 0 bridgehead atoms. The smallest absolute Gasteiger partial charge is 0.408 e. The molecule has 0 aliphatic carbocycles.